The van der Waals surface area contributed by atoms with Gasteiger partial charge >= 0.3 is 5.97 Å². The van der Waals surface area contributed by atoms with E-state index in [1.54, 1.807) is 6.92 Å². The van der Waals surface area contributed by atoms with E-state index in [1.165, 1.54) is 0 Å². The zero-order chi connectivity index (χ0) is 28.0. The molecule has 0 spiro atoms. The number of carboxylic acids is 1. The first kappa shape index (κ1) is 32.6. The maximum atomic E-state index is 13.0. The second-order valence-electron chi connectivity index (χ2n) is 9.18. The van der Waals surface area contributed by atoms with Crippen LogP contribution in [-0.2, 0) is 24.0 Å². The minimum Gasteiger partial charge on any atom is -0.480 e. The van der Waals surface area contributed by atoms with Gasteiger partial charge in [0, 0.05) is 6.54 Å². The molecule has 4 amide bonds. The number of carboxylic acid groups (broad SMARTS) is 1. The number of nitrogens with one attached hydrogen (secondary N) is 3. The maximum absolute atomic E-state index is 13.0. The number of hydrogen-bond acceptors (Lipinski definition) is 7. The fourth-order valence-electron chi connectivity index (χ4n) is 3.20. The molecule has 14 nitrogen and oxygen atoms in total. The smallest absolute Gasteiger partial charge is 0.326 e. The van der Waals surface area contributed by atoms with Crippen molar-refractivity contribution in [3.05, 3.63) is 0 Å². The fraction of sp³-hybridized carbons (Fsp3) is 0.727. The van der Waals surface area contributed by atoms with Crippen molar-refractivity contribution in [1.82, 2.24) is 16.0 Å². The summed E-state index contributed by atoms with van der Waals surface area (Å²) in [4.78, 5) is 65.3. The highest BCUT2D eigenvalue weighted by molar-refractivity contribution is 5.96. The molecule has 0 saturated heterocycles. The van der Waals surface area contributed by atoms with Crippen LogP contribution in [0.15, 0.2) is 4.99 Å². The SMILES string of the molecule is CCC(C)C(N)C(=O)NC(CC(N)=O)C(=O)NC(CC(C)C)C(=O)NC(CCCN=C(N)N)C(=O)O. The van der Waals surface area contributed by atoms with E-state index in [0.717, 1.165) is 0 Å². The highest BCUT2D eigenvalue weighted by Gasteiger charge is 2.32. The highest BCUT2D eigenvalue weighted by Crippen LogP contribution is 2.09. The van der Waals surface area contributed by atoms with Crippen LogP contribution in [0.5, 0.6) is 0 Å². The van der Waals surface area contributed by atoms with E-state index in [4.69, 9.17) is 22.9 Å². The Balaban J connectivity index is 5.52. The summed E-state index contributed by atoms with van der Waals surface area (Å²) in [6, 6.07) is -4.65. The predicted octanol–water partition coefficient (Wildman–Crippen LogP) is -2.13. The van der Waals surface area contributed by atoms with Crippen LogP contribution in [0, 0.1) is 11.8 Å². The van der Waals surface area contributed by atoms with Gasteiger partial charge in [-0.05, 0) is 31.1 Å². The lowest BCUT2D eigenvalue weighted by molar-refractivity contribution is -0.142. The number of nitrogens with zero attached hydrogens (tertiary/aromatic N) is 1. The van der Waals surface area contributed by atoms with Gasteiger partial charge in [-0.3, -0.25) is 24.2 Å². The van der Waals surface area contributed by atoms with Crippen LogP contribution in [0.3, 0.4) is 0 Å². The van der Waals surface area contributed by atoms with Crippen molar-refractivity contribution in [3.8, 4) is 0 Å². The Hall–Kier alpha value is -3.42. The number of rotatable bonds is 17. The molecule has 0 fully saturated rings. The third kappa shape index (κ3) is 12.9. The number of guanidine groups is 1. The van der Waals surface area contributed by atoms with E-state index in [9.17, 15) is 29.1 Å². The first-order valence-electron chi connectivity index (χ1n) is 11.9. The third-order valence-corrected chi connectivity index (χ3v) is 5.50. The fourth-order valence-corrected chi connectivity index (χ4v) is 3.20. The molecule has 0 aliphatic rings. The van der Waals surface area contributed by atoms with Gasteiger partial charge < -0.3 is 44.0 Å². The largest absolute Gasteiger partial charge is 0.480 e. The lowest BCUT2D eigenvalue weighted by Gasteiger charge is -2.26. The van der Waals surface area contributed by atoms with Crippen LogP contribution >= 0.6 is 0 Å². The molecule has 0 bridgehead atoms. The molecule has 0 saturated carbocycles. The molecule has 36 heavy (non-hydrogen) atoms. The third-order valence-electron chi connectivity index (χ3n) is 5.50. The summed E-state index contributed by atoms with van der Waals surface area (Å²) in [5, 5.41) is 16.8. The van der Waals surface area contributed by atoms with Crippen LogP contribution in [0.2, 0.25) is 0 Å². The topological polar surface area (TPSA) is 258 Å². The Morgan fingerprint density at radius 2 is 1.39 bits per heavy atom. The van der Waals surface area contributed by atoms with Crippen molar-refractivity contribution in [2.75, 3.05) is 6.54 Å². The number of carbonyl (C=O) groups excluding carboxylic acids is 4. The predicted molar refractivity (Wildman–Crippen MR) is 134 cm³/mol. The van der Waals surface area contributed by atoms with Crippen LogP contribution < -0.4 is 38.9 Å². The van der Waals surface area contributed by atoms with Gasteiger partial charge in [-0.1, -0.05) is 34.1 Å². The van der Waals surface area contributed by atoms with E-state index in [1.807, 2.05) is 20.8 Å². The molecule has 0 aromatic heterocycles. The summed E-state index contributed by atoms with van der Waals surface area (Å²) in [7, 11) is 0. The molecule has 12 N–H and O–H groups in total. The van der Waals surface area contributed by atoms with Gasteiger partial charge in [0.25, 0.3) is 0 Å². The van der Waals surface area contributed by atoms with Gasteiger partial charge in [0.15, 0.2) is 5.96 Å². The molecular formula is C22H42N8O6. The van der Waals surface area contributed by atoms with Gasteiger partial charge in [-0.25, -0.2) is 4.79 Å². The lowest BCUT2D eigenvalue weighted by atomic mass is 9.98. The minimum absolute atomic E-state index is 0.0497. The molecule has 0 rings (SSSR count). The Morgan fingerprint density at radius 3 is 1.86 bits per heavy atom. The Morgan fingerprint density at radius 1 is 0.861 bits per heavy atom. The number of nitrogens with two attached hydrogens (primary N) is 4. The number of aliphatic imine (C=N–C) groups is 1. The summed E-state index contributed by atoms with van der Waals surface area (Å²) >= 11 is 0. The van der Waals surface area contributed by atoms with Gasteiger partial charge in [0.2, 0.25) is 23.6 Å². The minimum atomic E-state index is -1.36. The molecule has 206 valence electrons. The average molecular weight is 515 g/mol. The molecule has 0 aromatic carbocycles. The second kappa shape index (κ2) is 16.3. The monoisotopic (exact) mass is 514 g/mol. The van der Waals surface area contributed by atoms with Gasteiger partial charge in [-0.15, -0.1) is 0 Å². The van der Waals surface area contributed by atoms with Crippen molar-refractivity contribution in [1.29, 1.82) is 0 Å². The summed E-state index contributed by atoms with van der Waals surface area (Å²) in [6.07, 6.45) is 0.618. The van der Waals surface area contributed by atoms with E-state index in [-0.39, 0.29) is 37.2 Å². The van der Waals surface area contributed by atoms with Crippen molar-refractivity contribution in [3.63, 3.8) is 0 Å². The number of carbonyl (C=O) groups is 5. The Labute approximate surface area is 211 Å². The van der Waals surface area contributed by atoms with Crippen molar-refractivity contribution >= 4 is 35.6 Å². The van der Waals surface area contributed by atoms with Crippen LogP contribution in [0.25, 0.3) is 0 Å². The number of amides is 4. The molecule has 0 aromatic rings. The van der Waals surface area contributed by atoms with Crippen LogP contribution in [0.4, 0.5) is 0 Å². The summed E-state index contributed by atoms with van der Waals surface area (Å²) < 4.78 is 0. The summed E-state index contributed by atoms with van der Waals surface area (Å²) in [6.45, 7) is 7.42. The number of hydrogen-bond donors (Lipinski definition) is 8. The molecule has 0 aliphatic heterocycles. The zero-order valence-electron chi connectivity index (χ0n) is 21.5. The van der Waals surface area contributed by atoms with E-state index >= 15 is 0 Å². The standard InChI is InChI=1S/C22H42N8O6/c1-5-12(4)17(24)20(34)30-15(10-16(23)31)19(33)29-14(9-11(2)3)18(32)28-13(21(35)36)7-6-8-27-22(25)26/h11-15,17H,5-10,24H2,1-4H3,(H2,23,31)(H,28,32)(H,29,33)(H,30,34)(H,35,36)(H4,25,26,27). The summed E-state index contributed by atoms with van der Waals surface area (Å²) in [5.41, 5.74) is 21.6. The highest BCUT2D eigenvalue weighted by atomic mass is 16.4. The van der Waals surface area contributed by atoms with E-state index < -0.39 is 60.2 Å². The van der Waals surface area contributed by atoms with E-state index in [0.29, 0.717) is 12.8 Å². The van der Waals surface area contributed by atoms with E-state index in [2.05, 4.69) is 20.9 Å². The average Bonchev–Trinajstić information content (AvgIpc) is 2.77. The first-order chi connectivity index (χ1) is 16.7. The van der Waals surface area contributed by atoms with Gasteiger partial charge in [0.1, 0.15) is 18.1 Å². The van der Waals surface area contributed by atoms with Crippen LogP contribution in [0.1, 0.15) is 59.8 Å². The molecule has 0 heterocycles. The molecule has 14 heteroatoms. The lowest BCUT2D eigenvalue weighted by Crippen LogP contribution is -2.58. The first-order valence-corrected chi connectivity index (χ1v) is 11.9. The number of aliphatic carboxylic acids is 1. The molecule has 5 atom stereocenters. The molecule has 5 unspecified atom stereocenters. The normalized spacial score (nSPS) is 15.1. The van der Waals surface area contributed by atoms with Crippen LogP contribution in [-0.4, -0.2) is 71.4 Å². The Bertz CT molecular complexity index is 799. The van der Waals surface area contributed by atoms with Gasteiger partial charge in [0.05, 0.1) is 12.5 Å². The molecule has 0 aliphatic carbocycles. The second-order valence-corrected chi connectivity index (χ2v) is 9.18. The molecular weight excluding hydrogens is 472 g/mol. The van der Waals surface area contributed by atoms with Crippen molar-refractivity contribution in [2.24, 2.45) is 39.8 Å². The van der Waals surface area contributed by atoms with Crippen molar-refractivity contribution in [2.45, 2.75) is 84.0 Å². The zero-order valence-corrected chi connectivity index (χ0v) is 21.5. The van der Waals surface area contributed by atoms with Gasteiger partial charge in [-0.2, -0.15) is 0 Å². The van der Waals surface area contributed by atoms with Crippen molar-refractivity contribution < 1.29 is 29.1 Å². The summed E-state index contributed by atoms with van der Waals surface area (Å²) in [5.74, 6) is -4.66. The quantitative estimate of drug-likeness (QED) is 0.0598. The Kier molecular flexibility index (Phi) is 14.7. The molecule has 0 radical (unpaired) electrons. The maximum Gasteiger partial charge on any atom is 0.326 e. The number of primary amides is 1.